The van der Waals surface area contributed by atoms with Crippen molar-refractivity contribution in [3.63, 3.8) is 0 Å². The summed E-state index contributed by atoms with van der Waals surface area (Å²) in [6.45, 7) is 0.945. The van der Waals surface area contributed by atoms with E-state index in [1.165, 1.54) is 6.20 Å². The van der Waals surface area contributed by atoms with Crippen LogP contribution in [-0.4, -0.2) is 34.3 Å². The molecule has 7 heteroatoms. The van der Waals surface area contributed by atoms with Crippen LogP contribution < -0.4 is 14.8 Å². The summed E-state index contributed by atoms with van der Waals surface area (Å²) in [5.74, 6) is 0.864. The number of pyridine rings is 1. The normalized spacial score (nSPS) is 12.7. The van der Waals surface area contributed by atoms with E-state index in [1.54, 1.807) is 24.4 Å². The Balaban J connectivity index is 1.64. The predicted octanol–water partition coefficient (Wildman–Crippen LogP) is 2.50. The number of anilines is 1. The van der Waals surface area contributed by atoms with Crippen LogP contribution in [0.1, 0.15) is 10.4 Å². The molecule has 0 bridgehead atoms. The SMILES string of the molecule is O=C(Nc1cccc2c1OCCO2)c1cn[nH]c1-c1ccccn1. The Kier molecular flexibility index (Phi) is 3.59. The third-order valence-corrected chi connectivity index (χ3v) is 3.62. The number of nitrogens with zero attached hydrogens (tertiary/aromatic N) is 2. The van der Waals surface area contributed by atoms with E-state index in [1.807, 2.05) is 18.2 Å². The molecule has 0 saturated heterocycles. The molecule has 4 rings (SSSR count). The van der Waals surface area contributed by atoms with Crippen molar-refractivity contribution in [3.05, 3.63) is 54.4 Å². The largest absolute Gasteiger partial charge is 0.486 e. The fourth-order valence-electron chi connectivity index (χ4n) is 2.53. The lowest BCUT2D eigenvalue weighted by Gasteiger charge is -2.21. The fourth-order valence-corrected chi connectivity index (χ4v) is 2.53. The zero-order chi connectivity index (χ0) is 16.4. The van der Waals surface area contributed by atoms with Gasteiger partial charge in [-0.3, -0.25) is 14.9 Å². The zero-order valence-electron chi connectivity index (χ0n) is 12.7. The number of carbonyl (C=O) groups excluding carboxylic acids is 1. The van der Waals surface area contributed by atoms with Crippen LogP contribution in [0.4, 0.5) is 5.69 Å². The van der Waals surface area contributed by atoms with Crippen LogP contribution in [0.3, 0.4) is 0 Å². The van der Waals surface area contributed by atoms with Gasteiger partial charge in [-0.1, -0.05) is 12.1 Å². The minimum Gasteiger partial charge on any atom is -0.486 e. The smallest absolute Gasteiger partial charge is 0.259 e. The van der Waals surface area contributed by atoms with E-state index in [0.717, 1.165) is 0 Å². The van der Waals surface area contributed by atoms with Gasteiger partial charge in [0.2, 0.25) is 0 Å². The van der Waals surface area contributed by atoms with E-state index < -0.39 is 0 Å². The van der Waals surface area contributed by atoms with E-state index in [-0.39, 0.29) is 5.91 Å². The second kappa shape index (κ2) is 6.04. The van der Waals surface area contributed by atoms with Crippen molar-refractivity contribution in [2.45, 2.75) is 0 Å². The quantitative estimate of drug-likeness (QED) is 0.773. The average molecular weight is 322 g/mol. The second-order valence-electron chi connectivity index (χ2n) is 5.16. The molecule has 1 amide bonds. The molecule has 120 valence electrons. The summed E-state index contributed by atoms with van der Waals surface area (Å²) in [6, 6.07) is 10.9. The summed E-state index contributed by atoms with van der Waals surface area (Å²) in [7, 11) is 0. The van der Waals surface area contributed by atoms with Gasteiger partial charge in [0.05, 0.1) is 28.8 Å². The van der Waals surface area contributed by atoms with Gasteiger partial charge in [0.25, 0.3) is 5.91 Å². The molecule has 2 N–H and O–H groups in total. The predicted molar refractivity (Wildman–Crippen MR) is 87.2 cm³/mol. The molecule has 0 aliphatic carbocycles. The van der Waals surface area contributed by atoms with Crippen molar-refractivity contribution in [3.8, 4) is 22.9 Å². The van der Waals surface area contributed by atoms with Crippen molar-refractivity contribution in [1.29, 1.82) is 0 Å². The van der Waals surface area contributed by atoms with E-state index in [4.69, 9.17) is 9.47 Å². The highest BCUT2D eigenvalue weighted by molar-refractivity contribution is 6.08. The molecule has 1 aliphatic rings. The number of hydrogen-bond acceptors (Lipinski definition) is 5. The molecule has 0 radical (unpaired) electrons. The molecule has 3 heterocycles. The molecule has 24 heavy (non-hydrogen) atoms. The summed E-state index contributed by atoms with van der Waals surface area (Å²) in [5.41, 5.74) is 2.18. The Morgan fingerprint density at radius 3 is 2.92 bits per heavy atom. The van der Waals surface area contributed by atoms with Gasteiger partial charge in [0, 0.05) is 6.20 Å². The fraction of sp³-hybridized carbons (Fsp3) is 0.118. The van der Waals surface area contributed by atoms with Crippen molar-refractivity contribution in [2.24, 2.45) is 0 Å². The number of amides is 1. The van der Waals surface area contributed by atoms with Crippen LogP contribution in [0.5, 0.6) is 11.5 Å². The molecule has 0 atom stereocenters. The van der Waals surface area contributed by atoms with Gasteiger partial charge >= 0.3 is 0 Å². The van der Waals surface area contributed by atoms with Crippen LogP contribution in [0.2, 0.25) is 0 Å². The highest BCUT2D eigenvalue weighted by Gasteiger charge is 2.20. The third kappa shape index (κ3) is 2.56. The van der Waals surface area contributed by atoms with Crippen LogP contribution in [0.15, 0.2) is 48.8 Å². The molecular formula is C17H14N4O3. The van der Waals surface area contributed by atoms with E-state index in [2.05, 4.69) is 20.5 Å². The number of fused-ring (bicyclic) bond motifs is 1. The highest BCUT2D eigenvalue weighted by atomic mass is 16.6. The summed E-state index contributed by atoms with van der Waals surface area (Å²) in [4.78, 5) is 16.9. The number of carbonyl (C=O) groups is 1. The van der Waals surface area contributed by atoms with E-state index in [0.29, 0.717) is 47.4 Å². The Morgan fingerprint density at radius 2 is 2.04 bits per heavy atom. The molecular weight excluding hydrogens is 308 g/mol. The van der Waals surface area contributed by atoms with Crippen LogP contribution in [0, 0.1) is 0 Å². The van der Waals surface area contributed by atoms with Crippen LogP contribution in [0.25, 0.3) is 11.4 Å². The summed E-state index contributed by atoms with van der Waals surface area (Å²) < 4.78 is 11.1. The summed E-state index contributed by atoms with van der Waals surface area (Å²) in [5, 5.41) is 9.64. The van der Waals surface area contributed by atoms with Crippen molar-refractivity contribution in [2.75, 3.05) is 18.5 Å². The Hall–Kier alpha value is -3.35. The number of nitrogens with one attached hydrogen (secondary N) is 2. The van der Waals surface area contributed by atoms with Gasteiger partial charge in [0.15, 0.2) is 11.5 Å². The Bertz CT molecular complexity index is 877. The number of ether oxygens (including phenoxy) is 2. The summed E-state index contributed by atoms with van der Waals surface area (Å²) >= 11 is 0. The van der Waals surface area contributed by atoms with Crippen LogP contribution >= 0.6 is 0 Å². The number of aromatic nitrogens is 3. The topological polar surface area (TPSA) is 89.1 Å². The highest BCUT2D eigenvalue weighted by Crippen LogP contribution is 2.37. The minimum atomic E-state index is -0.299. The second-order valence-corrected chi connectivity index (χ2v) is 5.16. The Labute approximate surface area is 137 Å². The molecule has 0 saturated carbocycles. The van der Waals surface area contributed by atoms with Gasteiger partial charge in [0.1, 0.15) is 13.2 Å². The maximum atomic E-state index is 12.7. The molecule has 0 fully saturated rings. The minimum absolute atomic E-state index is 0.299. The van der Waals surface area contributed by atoms with E-state index in [9.17, 15) is 4.79 Å². The standard InChI is InChI=1S/C17H14N4O3/c22-17(11-10-19-21-15(11)12-4-1-2-7-18-12)20-13-5-3-6-14-16(13)24-9-8-23-14/h1-7,10H,8-9H2,(H,19,21)(H,20,22). The summed E-state index contributed by atoms with van der Waals surface area (Å²) in [6.07, 6.45) is 3.14. The number of benzene rings is 1. The maximum absolute atomic E-state index is 12.7. The molecule has 7 nitrogen and oxygen atoms in total. The first kappa shape index (κ1) is 14.3. The lowest BCUT2D eigenvalue weighted by Crippen LogP contribution is -2.18. The number of aromatic amines is 1. The van der Waals surface area contributed by atoms with Gasteiger partial charge < -0.3 is 14.8 Å². The zero-order valence-corrected chi connectivity index (χ0v) is 12.7. The number of hydrogen-bond donors (Lipinski definition) is 2. The lowest BCUT2D eigenvalue weighted by molar-refractivity contribution is 0.102. The van der Waals surface area contributed by atoms with E-state index >= 15 is 0 Å². The maximum Gasteiger partial charge on any atom is 0.259 e. The number of rotatable bonds is 3. The third-order valence-electron chi connectivity index (χ3n) is 3.62. The first-order chi connectivity index (χ1) is 11.8. The average Bonchev–Trinajstić information content (AvgIpc) is 3.13. The van der Waals surface area contributed by atoms with Crippen LogP contribution in [-0.2, 0) is 0 Å². The van der Waals surface area contributed by atoms with Gasteiger partial charge in [-0.2, -0.15) is 5.10 Å². The van der Waals surface area contributed by atoms with Gasteiger partial charge in [-0.05, 0) is 24.3 Å². The molecule has 0 unspecified atom stereocenters. The van der Waals surface area contributed by atoms with Gasteiger partial charge in [-0.15, -0.1) is 0 Å². The molecule has 0 spiro atoms. The van der Waals surface area contributed by atoms with Crippen molar-refractivity contribution < 1.29 is 14.3 Å². The first-order valence-electron chi connectivity index (χ1n) is 7.47. The molecule has 2 aromatic heterocycles. The first-order valence-corrected chi connectivity index (χ1v) is 7.47. The van der Waals surface area contributed by atoms with Gasteiger partial charge in [-0.25, -0.2) is 0 Å². The van der Waals surface area contributed by atoms with Crippen molar-refractivity contribution >= 4 is 11.6 Å². The Morgan fingerprint density at radius 1 is 1.12 bits per heavy atom. The number of H-pyrrole nitrogens is 1. The molecule has 1 aliphatic heterocycles. The molecule has 3 aromatic rings. The number of para-hydroxylation sites is 1. The van der Waals surface area contributed by atoms with Crippen molar-refractivity contribution in [1.82, 2.24) is 15.2 Å². The monoisotopic (exact) mass is 322 g/mol. The lowest BCUT2D eigenvalue weighted by atomic mass is 10.1. The molecule has 1 aromatic carbocycles.